The van der Waals surface area contributed by atoms with Gasteiger partial charge in [-0.05, 0) is 43.4 Å². The van der Waals surface area contributed by atoms with Crippen molar-refractivity contribution in [2.45, 2.75) is 44.2 Å². The Balaban J connectivity index is 1.66. The molecule has 0 radical (unpaired) electrons. The van der Waals surface area contributed by atoms with Crippen LogP contribution in [-0.2, 0) is 22.6 Å². The molecule has 1 amide bonds. The zero-order chi connectivity index (χ0) is 20.5. The Morgan fingerprint density at radius 2 is 1.93 bits per heavy atom. The van der Waals surface area contributed by atoms with Crippen LogP contribution in [0.5, 0.6) is 0 Å². The molecule has 1 saturated heterocycles. The molecule has 0 saturated carbocycles. The molecule has 2 aliphatic rings. The number of anilines is 1. The Morgan fingerprint density at radius 1 is 1.17 bits per heavy atom. The normalized spacial score (nSPS) is 22.6. The molecule has 3 atom stereocenters. The summed E-state index contributed by atoms with van der Waals surface area (Å²) in [6.07, 6.45) is 3.74. The number of hydrogen-bond donors (Lipinski definition) is 3. The van der Waals surface area contributed by atoms with E-state index in [9.17, 15) is 19.5 Å². The van der Waals surface area contributed by atoms with Gasteiger partial charge < -0.3 is 15.5 Å². The van der Waals surface area contributed by atoms with E-state index in [0.29, 0.717) is 6.54 Å². The molecule has 1 fully saturated rings. The van der Waals surface area contributed by atoms with Crippen molar-refractivity contribution < 1.29 is 24.6 Å². The van der Waals surface area contributed by atoms with Gasteiger partial charge in [-0.15, -0.1) is 11.3 Å². The summed E-state index contributed by atoms with van der Waals surface area (Å²) in [7, 11) is 0. The Kier molecular flexibility index (Phi) is 5.38. The Labute approximate surface area is 172 Å². The van der Waals surface area contributed by atoms with Crippen molar-refractivity contribution in [1.82, 2.24) is 4.90 Å². The Morgan fingerprint density at radius 3 is 2.62 bits per heavy atom. The summed E-state index contributed by atoms with van der Waals surface area (Å²) in [5.41, 5.74) is 2.11. The van der Waals surface area contributed by atoms with Crippen LogP contribution in [0.1, 0.15) is 51.5 Å². The van der Waals surface area contributed by atoms with E-state index in [1.54, 1.807) is 0 Å². The molecular formula is C21H22N2O5S. The van der Waals surface area contributed by atoms with E-state index in [1.165, 1.54) is 16.9 Å². The number of amides is 1. The first-order valence-electron chi connectivity index (χ1n) is 9.66. The number of benzene rings is 1. The molecule has 2 bridgehead atoms. The van der Waals surface area contributed by atoms with Crippen LogP contribution in [0.3, 0.4) is 0 Å². The van der Waals surface area contributed by atoms with Crippen molar-refractivity contribution in [2.24, 2.45) is 0 Å². The first-order chi connectivity index (χ1) is 14.0. The second-order valence-electron chi connectivity index (χ2n) is 7.52. The highest BCUT2D eigenvalue weighted by Gasteiger charge is 2.42. The summed E-state index contributed by atoms with van der Waals surface area (Å²) >= 11 is 1.19. The summed E-state index contributed by atoms with van der Waals surface area (Å²) < 4.78 is 0. The number of carbonyl (C=O) groups excluding carboxylic acids is 1. The van der Waals surface area contributed by atoms with Crippen LogP contribution in [0.4, 0.5) is 5.00 Å². The van der Waals surface area contributed by atoms with E-state index in [2.05, 4.69) is 22.3 Å². The predicted octanol–water partition coefficient (Wildman–Crippen LogP) is 3.16. The average Bonchev–Trinajstić information content (AvgIpc) is 3.04. The molecule has 0 aliphatic carbocycles. The van der Waals surface area contributed by atoms with Crippen molar-refractivity contribution >= 4 is 34.2 Å². The van der Waals surface area contributed by atoms with Gasteiger partial charge in [0.2, 0.25) is 0 Å². The molecule has 8 heteroatoms. The largest absolute Gasteiger partial charge is 0.478 e. The predicted molar refractivity (Wildman–Crippen MR) is 108 cm³/mol. The number of thiophene rings is 1. The highest BCUT2D eigenvalue weighted by atomic mass is 32.1. The fraction of sp³-hybridized carbons (Fsp3) is 0.381. The molecule has 3 N–H and O–H groups in total. The van der Waals surface area contributed by atoms with Crippen LogP contribution in [0.2, 0.25) is 0 Å². The molecule has 0 spiro atoms. The number of nitrogens with zero attached hydrogens (tertiary/aromatic N) is 1. The lowest BCUT2D eigenvalue weighted by molar-refractivity contribution is -0.147. The minimum absolute atomic E-state index is 0.0656. The summed E-state index contributed by atoms with van der Waals surface area (Å²) in [6, 6.07) is 10.5. The van der Waals surface area contributed by atoms with Crippen molar-refractivity contribution in [3.63, 3.8) is 0 Å². The molecule has 1 aromatic carbocycles. The highest BCUT2D eigenvalue weighted by molar-refractivity contribution is 7.17. The second kappa shape index (κ2) is 7.96. The van der Waals surface area contributed by atoms with Gasteiger partial charge in [0.1, 0.15) is 5.00 Å². The number of piperidine rings is 1. The highest BCUT2D eigenvalue weighted by Crippen LogP contribution is 2.48. The Hall–Kier alpha value is -2.71. The third kappa shape index (κ3) is 3.77. The summed E-state index contributed by atoms with van der Waals surface area (Å²) in [5.74, 6) is -3.89. The summed E-state index contributed by atoms with van der Waals surface area (Å²) in [6.45, 7) is 1.60. The van der Waals surface area contributed by atoms with Gasteiger partial charge in [-0.1, -0.05) is 30.3 Å². The second-order valence-corrected chi connectivity index (χ2v) is 8.62. The maximum atomic E-state index is 12.0. The van der Waals surface area contributed by atoms with Crippen LogP contribution in [0.15, 0.2) is 30.3 Å². The van der Waals surface area contributed by atoms with E-state index >= 15 is 0 Å². The number of hydrogen-bond acceptors (Lipinski definition) is 5. The van der Waals surface area contributed by atoms with Gasteiger partial charge in [0.05, 0.1) is 5.56 Å². The standard InChI is InChI=1S/C21H22N2O5S/c24-18(21(27)28)22-19-17(20(25)26)16-13-7-4-10-23(11-15(16)29-19)14(13)9-8-12-5-2-1-3-6-12/h1-3,5-6,13-14H,4,7-11H2,(H,22,24)(H,25,26)(H,27,28). The van der Waals surface area contributed by atoms with E-state index in [0.717, 1.165) is 42.7 Å². The van der Waals surface area contributed by atoms with Crippen LogP contribution in [0.25, 0.3) is 0 Å². The number of carboxylic acids is 2. The molecule has 7 nitrogen and oxygen atoms in total. The molecular weight excluding hydrogens is 392 g/mol. The molecule has 4 rings (SSSR count). The van der Waals surface area contributed by atoms with Crippen molar-refractivity contribution in [3.8, 4) is 0 Å². The topological polar surface area (TPSA) is 107 Å². The summed E-state index contributed by atoms with van der Waals surface area (Å²) in [5, 5.41) is 21.1. The quantitative estimate of drug-likeness (QED) is 0.649. The lowest BCUT2D eigenvalue weighted by atomic mass is 9.76. The smallest absolute Gasteiger partial charge is 0.394 e. The lowest BCUT2D eigenvalue weighted by Crippen LogP contribution is -2.47. The molecule has 29 heavy (non-hydrogen) atoms. The van der Waals surface area contributed by atoms with Crippen LogP contribution in [0, 0.1) is 0 Å². The SMILES string of the molecule is O=C(O)C(=O)Nc1sc2c(c1C(=O)O)C1CCCN(C2)C1CCc1ccccc1. The fourth-order valence-electron chi connectivity index (χ4n) is 4.64. The van der Waals surface area contributed by atoms with E-state index < -0.39 is 17.8 Å². The minimum Gasteiger partial charge on any atom is -0.478 e. The number of aromatic carboxylic acids is 1. The molecule has 152 valence electrons. The van der Waals surface area contributed by atoms with Gasteiger partial charge >= 0.3 is 17.8 Å². The zero-order valence-electron chi connectivity index (χ0n) is 15.8. The van der Waals surface area contributed by atoms with Gasteiger partial charge in [0.25, 0.3) is 0 Å². The molecule has 2 aromatic rings. The Bertz CT molecular complexity index is 955. The molecule has 2 aliphatic heterocycles. The van der Waals surface area contributed by atoms with Gasteiger partial charge in [0.15, 0.2) is 0 Å². The number of rotatable bonds is 5. The number of nitrogens with one attached hydrogen (secondary N) is 1. The van der Waals surface area contributed by atoms with E-state index in [4.69, 9.17) is 5.11 Å². The number of fused-ring (bicyclic) bond motifs is 4. The number of aliphatic carboxylic acids is 1. The van der Waals surface area contributed by atoms with Crippen LogP contribution < -0.4 is 5.32 Å². The zero-order valence-corrected chi connectivity index (χ0v) is 16.6. The lowest BCUT2D eigenvalue weighted by Gasteiger charge is -2.45. The van der Waals surface area contributed by atoms with Gasteiger partial charge in [-0.3, -0.25) is 9.69 Å². The molecule has 1 aromatic heterocycles. The van der Waals surface area contributed by atoms with Crippen molar-refractivity contribution in [3.05, 3.63) is 51.9 Å². The van der Waals surface area contributed by atoms with Crippen LogP contribution >= 0.6 is 11.3 Å². The van der Waals surface area contributed by atoms with E-state index in [1.807, 2.05) is 18.2 Å². The maximum Gasteiger partial charge on any atom is 0.394 e. The van der Waals surface area contributed by atoms with Gasteiger partial charge in [0, 0.05) is 23.4 Å². The van der Waals surface area contributed by atoms with Gasteiger partial charge in [-0.25, -0.2) is 9.59 Å². The number of carboxylic acid groups (broad SMARTS) is 2. The molecule has 3 unspecified atom stereocenters. The average molecular weight is 414 g/mol. The number of aryl methyl sites for hydroxylation is 1. The third-order valence-electron chi connectivity index (χ3n) is 5.84. The van der Waals surface area contributed by atoms with Crippen molar-refractivity contribution in [1.29, 1.82) is 0 Å². The fourth-order valence-corrected chi connectivity index (χ4v) is 5.93. The first-order valence-corrected chi connectivity index (χ1v) is 10.5. The van der Waals surface area contributed by atoms with Crippen molar-refractivity contribution in [2.75, 3.05) is 11.9 Å². The monoisotopic (exact) mass is 414 g/mol. The summed E-state index contributed by atoms with van der Waals surface area (Å²) in [4.78, 5) is 37.9. The maximum absolute atomic E-state index is 12.0. The minimum atomic E-state index is -1.63. The van der Waals surface area contributed by atoms with E-state index in [-0.39, 0.29) is 22.5 Å². The molecule has 3 heterocycles. The first kappa shape index (κ1) is 19.6. The number of carbonyl (C=O) groups is 3. The third-order valence-corrected chi connectivity index (χ3v) is 6.95. The van der Waals surface area contributed by atoms with Crippen LogP contribution in [-0.4, -0.2) is 45.5 Å². The van der Waals surface area contributed by atoms with Gasteiger partial charge in [-0.2, -0.15) is 0 Å².